The summed E-state index contributed by atoms with van der Waals surface area (Å²) in [6.45, 7) is 1.87. The van der Waals surface area contributed by atoms with Gasteiger partial charge < -0.3 is 15.6 Å². The molecule has 0 atom stereocenters. The van der Waals surface area contributed by atoms with Crippen LogP contribution >= 0.6 is 12.2 Å². The fraction of sp³-hybridized carbons (Fsp3) is 0.133. The topological polar surface area (TPSA) is 55.5 Å². The average Bonchev–Trinajstić information content (AvgIpc) is 2.41. The Labute approximate surface area is 117 Å². The summed E-state index contributed by atoms with van der Waals surface area (Å²) in [6.07, 6.45) is 0. The van der Waals surface area contributed by atoms with E-state index in [1.54, 1.807) is 0 Å². The Hall–Kier alpha value is -1.91. The number of thiocarbonyl (C=S) groups is 1. The molecule has 19 heavy (non-hydrogen) atoms. The number of aliphatic hydroxyl groups excluding tert-OH is 1. The predicted octanol–water partition coefficient (Wildman–Crippen LogP) is 2.91. The first-order valence-corrected chi connectivity index (χ1v) is 6.29. The van der Waals surface area contributed by atoms with Crippen molar-refractivity contribution in [3.05, 3.63) is 59.2 Å². The molecule has 0 amide bonds. The van der Waals surface area contributed by atoms with Crippen LogP contribution in [0.25, 0.3) is 0 Å². The lowest BCUT2D eigenvalue weighted by molar-refractivity contribution is 0.276. The van der Waals surface area contributed by atoms with Gasteiger partial charge in [-0.05, 0) is 36.8 Å². The van der Waals surface area contributed by atoms with Gasteiger partial charge in [-0.25, -0.2) is 0 Å². The van der Waals surface area contributed by atoms with Crippen LogP contribution in [0.5, 0.6) is 11.5 Å². The summed E-state index contributed by atoms with van der Waals surface area (Å²) in [4.78, 5) is 0.366. The van der Waals surface area contributed by atoms with E-state index < -0.39 is 0 Å². The number of aliphatic hydroxyl groups is 1. The van der Waals surface area contributed by atoms with Gasteiger partial charge in [0.1, 0.15) is 16.5 Å². The molecule has 0 heterocycles. The van der Waals surface area contributed by atoms with Gasteiger partial charge in [0, 0.05) is 11.1 Å². The number of benzene rings is 2. The van der Waals surface area contributed by atoms with Gasteiger partial charge in [0.15, 0.2) is 0 Å². The van der Waals surface area contributed by atoms with E-state index in [1.165, 1.54) is 0 Å². The van der Waals surface area contributed by atoms with E-state index in [0.29, 0.717) is 10.7 Å². The molecule has 2 aromatic carbocycles. The van der Waals surface area contributed by atoms with Crippen molar-refractivity contribution >= 4 is 17.2 Å². The summed E-state index contributed by atoms with van der Waals surface area (Å²) >= 11 is 4.94. The highest BCUT2D eigenvalue weighted by Gasteiger charge is 2.07. The zero-order valence-corrected chi connectivity index (χ0v) is 11.4. The number of para-hydroxylation sites is 1. The van der Waals surface area contributed by atoms with E-state index in [9.17, 15) is 5.11 Å². The molecule has 0 aliphatic heterocycles. The van der Waals surface area contributed by atoms with Crippen LogP contribution in [0.1, 0.15) is 16.7 Å². The van der Waals surface area contributed by atoms with Crippen LogP contribution in [0.4, 0.5) is 0 Å². The number of ether oxygens (including phenoxy) is 1. The summed E-state index contributed by atoms with van der Waals surface area (Å²) < 4.78 is 5.82. The molecule has 3 N–H and O–H groups in total. The Morgan fingerprint density at radius 3 is 2.58 bits per heavy atom. The molecule has 4 heteroatoms. The zero-order valence-electron chi connectivity index (χ0n) is 10.6. The number of aryl methyl sites for hydroxylation is 1. The normalized spacial score (nSPS) is 10.2. The minimum absolute atomic E-state index is 0.0554. The van der Waals surface area contributed by atoms with Crippen molar-refractivity contribution in [3.8, 4) is 11.5 Å². The zero-order chi connectivity index (χ0) is 13.8. The van der Waals surface area contributed by atoms with Gasteiger partial charge in [-0.1, -0.05) is 30.4 Å². The molecule has 0 spiro atoms. The molecule has 0 aromatic heterocycles. The van der Waals surface area contributed by atoms with Crippen molar-refractivity contribution in [2.75, 3.05) is 0 Å². The van der Waals surface area contributed by atoms with Crippen molar-refractivity contribution < 1.29 is 9.84 Å². The van der Waals surface area contributed by atoms with Crippen LogP contribution in [0.15, 0.2) is 42.5 Å². The molecule has 2 aromatic rings. The van der Waals surface area contributed by atoms with E-state index in [2.05, 4.69) is 0 Å². The molecule has 0 aliphatic carbocycles. The average molecular weight is 273 g/mol. The third-order valence-electron chi connectivity index (χ3n) is 2.82. The van der Waals surface area contributed by atoms with Crippen LogP contribution in [-0.2, 0) is 6.61 Å². The van der Waals surface area contributed by atoms with Crippen LogP contribution in [0.3, 0.4) is 0 Å². The van der Waals surface area contributed by atoms with E-state index >= 15 is 0 Å². The summed E-state index contributed by atoms with van der Waals surface area (Å²) in [5.41, 5.74) is 8.10. The van der Waals surface area contributed by atoms with E-state index in [4.69, 9.17) is 22.7 Å². The molecule has 0 bridgehead atoms. The van der Waals surface area contributed by atoms with Gasteiger partial charge in [-0.15, -0.1) is 0 Å². The first kappa shape index (κ1) is 13.5. The van der Waals surface area contributed by atoms with Crippen LogP contribution in [0.2, 0.25) is 0 Å². The predicted molar refractivity (Wildman–Crippen MR) is 79.5 cm³/mol. The van der Waals surface area contributed by atoms with E-state index in [1.807, 2.05) is 49.4 Å². The highest BCUT2D eigenvalue weighted by molar-refractivity contribution is 7.80. The highest BCUT2D eigenvalue weighted by Crippen LogP contribution is 2.28. The number of hydrogen-bond donors (Lipinski definition) is 2. The summed E-state index contributed by atoms with van der Waals surface area (Å²) in [5, 5.41) is 9.27. The van der Waals surface area contributed by atoms with Crippen LogP contribution in [-0.4, -0.2) is 10.1 Å². The lowest BCUT2D eigenvalue weighted by atomic mass is 10.1. The van der Waals surface area contributed by atoms with Crippen molar-refractivity contribution in [3.63, 3.8) is 0 Å². The molecular formula is C15H15NO2S. The van der Waals surface area contributed by atoms with Gasteiger partial charge in [-0.2, -0.15) is 0 Å². The number of nitrogens with two attached hydrogens (primary N) is 1. The van der Waals surface area contributed by atoms with Crippen molar-refractivity contribution in [1.29, 1.82) is 0 Å². The molecule has 3 nitrogen and oxygen atoms in total. The molecule has 0 fully saturated rings. The second-order valence-corrected chi connectivity index (χ2v) is 4.65. The van der Waals surface area contributed by atoms with Gasteiger partial charge in [0.2, 0.25) is 0 Å². The maximum absolute atomic E-state index is 9.27. The summed E-state index contributed by atoms with van der Waals surface area (Å²) in [5.74, 6) is 1.37. The highest BCUT2D eigenvalue weighted by atomic mass is 32.1. The molecule has 98 valence electrons. The lowest BCUT2D eigenvalue weighted by Crippen LogP contribution is -2.09. The third-order valence-corrected chi connectivity index (χ3v) is 3.06. The Bertz CT molecular complexity index is 611. The SMILES string of the molecule is Cc1cc(C(N)=S)ccc1Oc1ccccc1CO. The van der Waals surface area contributed by atoms with E-state index in [0.717, 1.165) is 22.4 Å². The van der Waals surface area contributed by atoms with E-state index in [-0.39, 0.29) is 6.61 Å². The molecule has 2 rings (SSSR count). The molecular weight excluding hydrogens is 258 g/mol. The molecule has 0 saturated carbocycles. The van der Waals surface area contributed by atoms with Crippen molar-refractivity contribution in [2.24, 2.45) is 5.73 Å². The Balaban J connectivity index is 2.31. The summed E-state index contributed by atoms with van der Waals surface area (Å²) in [6, 6.07) is 12.9. The molecule has 0 saturated heterocycles. The molecule has 0 aliphatic rings. The third kappa shape index (κ3) is 3.10. The largest absolute Gasteiger partial charge is 0.457 e. The minimum atomic E-state index is -0.0554. The Morgan fingerprint density at radius 1 is 1.21 bits per heavy atom. The maximum atomic E-state index is 9.27. The first-order valence-electron chi connectivity index (χ1n) is 5.89. The van der Waals surface area contributed by atoms with Gasteiger partial charge in [0.25, 0.3) is 0 Å². The fourth-order valence-electron chi connectivity index (χ4n) is 1.77. The lowest BCUT2D eigenvalue weighted by Gasteiger charge is -2.12. The standard InChI is InChI=1S/C15H15NO2S/c1-10-8-11(15(16)19)6-7-13(10)18-14-5-3-2-4-12(14)9-17/h2-8,17H,9H2,1H3,(H2,16,19). The second kappa shape index (κ2) is 5.82. The van der Waals surface area contributed by atoms with Gasteiger partial charge in [-0.3, -0.25) is 0 Å². The quantitative estimate of drug-likeness (QED) is 0.841. The first-order chi connectivity index (χ1) is 9.11. The van der Waals surface area contributed by atoms with Gasteiger partial charge in [0.05, 0.1) is 6.61 Å². The number of rotatable bonds is 4. The van der Waals surface area contributed by atoms with Crippen LogP contribution in [0, 0.1) is 6.92 Å². The second-order valence-electron chi connectivity index (χ2n) is 4.21. The monoisotopic (exact) mass is 273 g/mol. The molecule has 0 unspecified atom stereocenters. The fourth-order valence-corrected chi connectivity index (χ4v) is 1.90. The van der Waals surface area contributed by atoms with Gasteiger partial charge >= 0.3 is 0 Å². The number of hydrogen-bond acceptors (Lipinski definition) is 3. The van der Waals surface area contributed by atoms with Crippen molar-refractivity contribution in [1.82, 2.24) is 0 Å². The minimum Gasteiger partial charge on any atom is -0.457 e. The smallest absolute Gasteiger partial charge is 0.132 e. The molecule has 0 radical (unpaired) electrons. The van der Waals surface area contributed by atoms with Crippen LogP contribution < -0.4 is 10.5 Å². The summed E-state index contributed by atoms with van der Waals surface area (Å²) in [7, 11) is 0. The Morgan fingerprint density at radius 2 is 1.95 bits per heavy atom. The maximum Gasteiger partial charge on any atom is 0.132 e. The van der Waals surface area contributed by atoms with Crippen molar-refractivity contribution in [2.45, 2.75) is 13.5 Å². The Kier molecular flexibility index (Phi) is 4.14.